The second kappa shape index (κ2) is 6.29. The van der Waals surface area contributed by atoms with Gasteiger partial charge in [0.1, 0.15) is 11.5 Å². The molecule has 9 heteroatoms. The van der Waals surface area contributed by atoms with Gasteiger partial charge in [0.15, 0.2) is 0 Å². The molecule has 0 spiro atoms. The van der Waals surface area contributed by atoms with Gasteiger partial charge in [0.25, 0.3) is 0 Å². The van der Waals surface area contributed by atoms with Crippen molar-refractivity contribution in [3.05, 3.63) is 26.7 Å². The average molecular weight is 399 g/mol. The number of carboxylic acid groups (broad SMARTS) is 1. The number of fused-ring (bicyclic) bond motifs is 1. The van der Waals surface area contributed by atoms with Crippen molar-refractivity contribution in [2.24, 2.45) is 0 Å². The van der Waals surface area contributed by atoms with Crippen LogP contribution in [0.15, 0.2) is 5.57 Å². The van der Waals surface area contributed by atoms with E-state index in [1.54, 1.807) is 20.8 Å². The fourth-order valence-electron chi connectivity index (χ4n) is 2.60. The van der Waals surface area contributed by atoms with E-state index in [1.807, 2.05) is 0 Å². The number of methoxy groups -OCH3 is 1. The molecule has 138 valence electrons. The van der Waals surface area contributed by atoms with E-state index in [0.29, 0.717) is 5.56 Å². The summed E-state index contributed by atoms with van der Waals surface area (Å²) in [5.74, 6) is -1.92. The Morgan fingerprint density at radius 1 is 1.24 bits per heavy atom. The van der Waals surface area contributed by atoms with Crippen LogP contribution in [0.4, 0.5) is 13.2 Å². The topological polar surface area (TPSA) is 55.8 Å². The first-order valence-electron chi connectivity index (χ1n) is 7.08. The molecule has 1 aromatic carbocycles. The van der Waals surface area contributed by atoms with Crippen LogP contribution in [0, 0.1) is 0 Å². The summed E-state index contributed by atoms with van der Waals surface area (Å²) in [7, 11) is 1.34. The molecule has 1 N–H and O–H groups in total. The Balaban J connectivity index is 2.86. The molecule has 2 rings (SSSR count). The van der Waals surface area contributed by atoms with Crippen molar-refractivity contribution in [2.45, 2.75) is 38.5 Å². The summed E-state index contributed by atoms with van der Waals surface area (Å²) in [6, 6.07) is 0. The van der Waals surface area contributed by atoms with E-state index in [0.717, 1.165) is 6.08 Å². The molecule has 0 amide bonds. The van der Waals surface area contributed by atoms with Crippen LogP contribution in [0.5, 0.6) is 11.5 Å². The molecule has 0 aliphatic carbocycles. The number of halogens is 5. The van der Waals surface area contributed by atoms with Gasteiger partial charge in [-0.25, -0.2) is 4.79 Å². The van der Waals surface area contributed by atoms with Crippen molar-refractivity contribution in [2.75, 3.05) is 7.11 Å². The van der Waals surface area contributed by atoms with E-state index in [1.165, 1.54) is 7.11 Å². The minimum absolute atomic E-state index is 0.0607. The minimum Gasteiger partial charge on any atom is -0.495 e. The predicted molar refractivity (Wildman–Crippen MR) is 87.8 cm³/mol. The van der Waals surface area contributed by atoms with Crippen LogP contribution in [-0.4, -0.2) is 30.5 Å². The number of hydrogen-bond donors (Lipinski definition) is 1. The van der Waals surface area contributed by atoms with Crippen LogP contribution in [0.3, 0.4) is 0 Å². The fourth-order valence-corrected chi connectivity index (χ4v) is 3.43. The number of hydrogen-bond acceptors (Lipinski definition) is 3. The standard InChI is InChI=1S/C16H15Cl2F3O4/c1-15(2,3)8-10(18)11-6(9(17)12(8)24-4)5-7(14(22)23)13(25-11)16(19,20)21/h5,13H,1-4H3,(H,22,23). The van der Waals surface area contributed by atoms with E-state index in [4.69, 9.17) is 37.8 Å². The highest BCUT2D eigenvalue weighted by molar-refractivity contribution is 6.38. The summed E-state index contributed by atoms with van der Waals surface area (Å²) >= 11 is 12.6. The SMILES string of the molecule is COc1c(Cl)c2c(c(Cl)c1C(C)(C)C)OC(C(F)(F)F)C(C(=O)O)=C2. The van der Waals surface area contributed by atoms with Gasteiger partial charge >= 0.3 is 12.1 Å². The normalized spacial score (nSPS) is 17.5. The van der Waals surface area contributed by atoms with E-state index in [-0.39, 0.29) is 27.1 Å². The maximum atomic E-state index is 13.2. The molecule has 1 aliphatic rings. The number of alkyl halides is 3. The second-order valence-electron chi connectivity index (χ2n) is 6.47. The van der Waals surface area contributed by atoms with Crippen molar-refractivity contribution >= 4 is 35.2 Å². The molecular weight excluding hydrogens is 384 g/mol. The van der Waals surface area contributed by atoms with Gasteiger partial charge in [0, 0.05) is 11.1 Å². The van der Waals surface area contributed by atoms with Gasteiger partial charge in [0.2, 0.25) is 6.10 Å². The van der Waals surface area contributed by atoms with E-state index in [2.05, 4.69) is 0 Å². The molecule has 1 aliphatic heterocycles. The van der Waals surface area contributed by atoms with Crippen molar-refractivity contribution in [1.82, 2.24) is 0 Å². The van der Waals surface area contributed by atoms with Crippen LogP contribution in [0.2, 0.25) is 10.0 Å². The van der Waals surface area contributed by atoms with Gasteiger partial charge in [-0.05, 0) is 11.5 Å². The van der Waals surface area contributed by atoms with Gasteiger partial charge < -0.3 is 14.6 Å². The molecule has 0 fully saturated rings. The number of carbonyl (C=O) groups is 1. The third-order valence-electron chi connectivity index (χ3n) is 3.64. The Morgan fingerprint density at radius 3 is 2.20 bits per heavy atom. The molecule has 0 aromatic heterocycles. The zero-order valence-electron chi connectivity index (χ0n) is 13.7. The third-order valence-corrected chi connectivity index (χ3v) is 4.38. The fraction of sp³-hybridized carbons (Fsp3) is 0.438. The summed E-state index contributed by atoms with van der Waals surface area (Å²) in [6.45, 7) is 5.34. The number of benzene rings is 1. The van der Waals surface area contributed by atoms with E-state index < -0.39 is 29.2 Å². The lowest BCUT2D eigenvalue weighted by Crippen LogP contribution is -2.40. The molecule has 0 saturated heterocycles. The largest absolute Gasteiger partial charge is 0.495 e. The van der Waals surface area contributed by atoms with Crippen molar-refractivity contribution < 1.29 is 32.5 Å². The van der Waals surface area contributed by atoms with Crippen LogP contribution >= 0.6 is 23.2 Å². The molecule has 25 heavy (non-hydrogen) atoms. The van der Waals surface area contributed by atoms with Crippen LogP contribution < -0.4 is 9.47 Å². The van der Waals surface area contributed by atoms with Gasteiger partial charge in [0.05, 0.1) is 22.7 Å². The maximum Gasteiger partial charge on any atom is 0.430 e. The average Bonchev–Trinajstić information content (AvgIpc) is 2.46. The molecule has 0 bridgehead atoms. The minimum atomic E-state index is -4.93. The molecular formula is C16H15Cl2F3O4. The maximum absolute atomic E-state index is 13.2. The monoisotopic (exact) mass is 398 g/mol. The molecule has 1 aromatic rings. The summed E-state index contributed by atoms with van der Waals surface area (Å²) in [5, 5.41) is 8.95. The zero-order valence-corrected chi connectivity index (χ0v) is 15.2. The van der Waals surface area contributed by atoms with E-state index in [9.17, 15) is 18.0 Å². The van der Waals surface area contributed by atoms with Gasteiger partial charge in [-0.15, -0.1) is 0 Å². The van der Waals surface area contributed by atoms with Crippen LogP contribution in [0.1, 0.15) is 31.9 Å². The zero-order chi connectivity index (χ0) is 19.3. The first-order chi connectivity index (χ1) is 11.3. The highest BCUT2D eigenvalue weighted by Gasteiger charge is 2.49. The van der Waals surface area contributed by atoms with Crippen LogP contribution in [-0.2, 0) is 10.2 Å². The Hall–Kier alpha value is -1.60. The molecule has 0 radical (unpaired) electrons. The lowest BCUT2D eigenvalue weighted by molar-refractivity contribution is -0.187. The Kier molecular flexibility index (Phi) is 4.96. The predicted octanol–water partition coefficient (Wildman–Crippen LogP) is 5.09. The van der Waals surface area contributed by atoms with Gasteiger partial charge in [-0.2, -0.15) is 13.2 Å². The number of carboxylic acids is 1. The molecule has 4 nitrogen and oxygen atoms in total. The summed E-state index contributed by atoms with van der Waals surface area (Å²) < 4.78 is 49.9. The summed E-state index contributed by atoms with van der Waals surface area (Å²) in [6.07, 6.45) is -6.76. The molecule has 1 unspecified atom stereocenters. The second-order valence-corrected chi connectivity index (χ2v) is 7.23. The first-order valence-corrected chi connectivity index (χ1v) is 7.84. The quantitative estimate of drug-likeness (QED) is 0.753. The number of ether oxygens (including phenoxy) is 2. The van der Waals surface area contributed by atoms with Gasteiger partial charge in [-0.3, -0.25) is 0 Å². The molecule has 0 saturated carbocycles. The van der Waals surface area contributed by atoms with Crippen molar-refractivity contribution in [3.8, 4) is 11.5 Å². The lowest BCUT2D eigenvalue weighted by Gasteiger charge is -2.32. The number of rotatable bonds is 2. The lowest BCUT2D eigenvalue weighted by atomic mass is 9.84. The van der Waals surface area contributed by atoms with Crippen molar-refractivity contribution in [3.63, 3.8) is 0 Å². The highest BCUT2D eigenvalue weighted by Crippen LogP contribution is 2.52. The Morgan fingerprint density at radius 2 is 1.80 bits per heavy atom. The Labute approximate surface area is 152 Å². The third kappa shape index (κ3) is 3.40. The Bertz CT molecular complexity index is 764. The molecule has 1 heterocycles. The van der Waals surface area contributed by atoms with Crippen molar-refractivity contribution in [1.29, 1.82) is 0 Å². The smallest absolute Gasteiger partial charge is 0.430 e. The highest BCUT2D eigenvalue weighted by atomic mass is 35.5. The number of aliphatic carboxylic acids is 1. The first kappa shape index (κ1) is 19.7. The summed E-state index contributed by atoms with van der Waals surface area (Å²) in [4.78, 5) is 11.2. The van der Waals surface area contributed by atoms with E-state index >= 15 is 0 Å². The van der Waals surface area contributed by atoms with Gasteiger partial charge in [-0.1, -0.05) is 44.0 Å². The summed E-state index contributed by atoms with van der Waals surface area (Å²) in [5.41, 5.74) is -1.29. The molecule has 1 atom stereocenters. The van der Waals surface area contributed by atoms with Crippen LogP contribution in [0.25, 0.3) is 6.08 Å².